The highest BCUT2D eigenvalue weighted by Crippen LogP contribution is 2.33. The number of aromatic nitrogens is 1. The predicted octanol–water partition coefficient (Wildman–Crippen LogP) is 1.25. The highest BCUT2D eigenvalue weighted by atomic mass is 32.1. The molecule has 2 aliphatic heterocycles. The molecule has 1 N–H and O–H groups in total. The van der Waals surface area contributed by atoms with Crippen molar-refractivity contribution in [3.05, 3.63) is 30.1 Å². The molecular formula is C17H26N4OS. The van der Waals surface area contributed by atoms with Crippen LogP contribution in [0.5, 0.6) is 0 Å². The Hall–Kier alpha value is -1.08. The molecule has 2 aliphatic rings. The third-order valence-electron chi connectivity index (χ3n) is 4.89. The van der Waals surface area contributed by atoms with Crippen molar-refractivity contribution >= 4 is 17.2 Å². The van der Waals surface area contributed by atoms with Crippen LogP contribution in [0.25, 0.3) is 0 Å². The van der Waals surface area contributed by atoms with Gasteiger partial charge in [-0.25, -0.2) is 0 Å². The van der Waals surface area contributed by atoms with E-state index < -0.39 is 0 Å². The van der Waals surface area contributed by atoms with E-state index in [-0.39, 0.29) is 5.54 Å². The van der Waals surface area contributed by atoms with Gasteiger partial charge in [-0.2, -0.15) is 0 Å². The molecule has 0 spiro atoms. The Morgan fingerprint density at radius 2 is 2.00 bits per heavy atom. The molecule has 1 aromatic rings. The molecule has 1 unspecified atom stereocenters. The average molecular weight is 334 g/mol. The van der Waals surface area contributed by atoms with Crippen molar-refractivity contribution in [1.29, 1.82) is 0 Å². The predicted molar refractivity (Wildman–Crippen MR) is 95.6 cm³/mol. The third kappa shape index (κ3) is 3.40. The Kier molecular flexibility index (Phi) is 5.58. The Morgan fingerprint density at radius 3 is 2.61 bits per heavy atom. The van der Waals surface area contributed by atoms with Gasteiger partial charge in [-0.1, -0.05) is 18.3 Å². The normalized spacial score (nSPS) is 22.7. The number of hydrogen-bond acceptors (Lipinski definition) is 5. The number of morpholine rings is 1. The summed E-state index contributed by atoms with van der Waals surface area (Å²) in [6, 6.07) is 6.14. The van der Waals surface area contributed by atoms with E-state index in [1.807, 2.05) is 19.3 Å². The van der Waals surface area contributed by atoms with Gasteiger partial charge in [0.05, 0.1) is 18.9 Å². The summed E-state index contributed by atoms with van der Waals surface area (Å²) in [5.74, 6) is 0. The van der Waals surface area contributed by atoms with Gasteiger partial charge in [0.1, 0.15) is 10.5 Å². The van der Waals surface area contributed by atoms with Gasteiger partial charge in [0.2, 0.25) is 0 Å². The topological polar surface area (TPSA) is 40.6 Å². The van der Waals surface area contributed by atoms with Crippen molar-refractivity contribution in [1.82, 2.24) is 20.1 Å². The highest BCUT2D eigenvalue weighted by molar-refractivity contribution is 7.80. The number of nitrogens with one attached hydrogen (secondary N) is 1. The summed E-state index contributed by atoms with van der Waals surface area (Å²) in [4.78, 5) is 10.5. The van der Waals surface area contributed by atoms with E-state index in [2.05, 4.69) is 27.2 Å². The Labute approximate surface area is 144 Å². The van der Waals surface area contributed by atoms with E-state index in [4.69, 9.17) is 21.9 Å². The molecule has 0 bridgehead atoms. The second kappa shape index (κ2) is 7.66. The molecule has 3 heterocycles. The molecule has 1 aromatic heterocycles. The Balaban J connectivity index is 1.99. The fourth-order valence-corrected chi connectivity index (χ4v) is 3.97. The summed E-state index contributed by atoms with van der Waals surface area (Å²) < 4.78 is 5.51. The molecule has 0 saturated carbocycles. The second-order valence-electron chi connectivity index (χ2n) is 6.24. The minimum Gasteiger partial charge on any atom is -0.381 e. The van der Waals surface area contributed by atoms with Crippen molar-refractivity contribution < 1.29 is 4.74 Å². The SMILES string of the molecule is CNC(=S)C(CN1CCOCC1)(c1ccccn1)N1CCCC1. The molecule has 0 aromatic carbocycles. The van der Waals surface area contributed by atoms with Crippen LogP contribution in [0.15, 0.2) is 24.4 Å². The fraction of sp³-hybridized carbons (Fsp3) is 0.647. The minimum absolute atomic E-state index is 0.348. The molecule has 0 aliphatic carbocycles. The maximum absolute atomic E-state index is 5.83. The largest absolute Gasteiger partial charge is 0.381 e. The summed E-state index contributed by atoms with van der Waals surface area (Å²) in [7, 11) is 1.93. The van der Waals surface area contributed by atoms with Crippen LogP contribution in [0.4, 0.5) is 0 Å². The Bertz CT molecular complexity index is 515. The molecule has 3 rings (SSSR count). The first kappa shape index (κ1) is 16.8. The zero-order valence-electron chi connectivity index (χ0n) is 13.8. The first-order valence-corrected chi connectivity index (χ1v) is 8.87. The molecule has 0 radical (unpaired) electrons. The van der Waals surface area contributed by atoms with Gasteiger partial charge in [0.15, 0.2) is 0 Å². The Morgan fingerprint density at radius 1 is 1.26 bits per heavy atom. The van der Waals surface area contributed by atoms with Gasteiger partial charge in [0, 0.05) is 32.9 Å². The van der Waals surface area contributed by atoms with Crippen molar-refractivity contribution in [3.63, 3.8) is 0 Å². The lowest BCUT2D eigenvalue weighted by Crippen LogP contribution is -2.61. The van der Waals surface area contributed by atoms with Crippen LogP contribution in [0, 0.1) is 0 Å². The van der Waals surface area contributed by atoms with E-state index in [1.165, 1.54) is 12.8 Å². The lowest BCUT2D eigenvalue weighted by atomic mass is 9.90. The van der Waals surface area contributed by atoms with E-state index in [0.29, 0.717) is 0 Å². The van der Waals surface area contributed by atoms with Gasteiger partial charge in [-0.05, 0) is 38.1 Å². The highest BCUT2D eigenvalue weighted by Gasteiger charge is 2.46. The third-order valence-corrected chi connectivity index (χ3v) is 5.44. The van der Waals surface area contributed by atoms with E-state index in [0.717, 1.165) is 56.6 Å². The molecular weight excluding hydrogens is 308 g/mol. The zero-order valence-corrected chi connectivity index (χ0v) is 14.6. The van der Waals surface area contributed by atoms with E-state index >= 15 is 0 Å². The van der Waals surface area contributed by atoms with Crippen molar-refractivity contribution in [3.8, 4) is 0 Å². The first-order valence-electron chi connectivity index (χ1n) is 8.46. The van der Waals surface area contributed by atoms with Gasteiger partial charge in [-0.15, -0.1) is 0 Å². The smallest absolute Gasteiger partial charge is 0.127 e. The molecule has 5 nitrogen and oxygen atoms in total. The molecule has 23 heavy (non-hydrogen) atoms. The van der Waals surface area contributed by atoms with Crippen LogP contribution < -0.4 is 5.32 Å². The standard InChI is InChI=1S/C17H26N4OS/c1-18-16(23)17(21-8-4-5-9-21,15-6-2-3-7-19-15)14-20-10-12-22-13-11-20/h2-3,6-7H,4-5,8-14H2,1H3,(H,18,23). The molecule has 2 saturated heterocycles. The fourth-order valence-electron chi connectivity index (χ4n) is 3.67. The minimum atomic E-state index is -0.348. The van der Waals surface area contributed by atoms with Crippen molar-refractivity contribution in [2.24, 2.45) is 0 Å². The van der Waals surface area contributed by atoms with E-state index in [1.54, 1.807) is 0 Å². The van der Waals surface area contributed by atoms with Crippen LogP contribution in [0.2, 0.25) is 0 Å². The number of pyridine rings is 1. The summed E-state index contributed by atoms with van der Waals surface area (Å²) in [5.41, 5.74) is 0.701. The van der Waals surface area contributed by atoms with Crippen LogP contribution in [-0.2, 0) is 10.3 Å². The maximum atomic E-state index is 5.83. The number of hydrogen-bond donors (Lipinski definition) is 1. The average Bonchev–Trinajstić information content (AvgIpc) is 3.15. The van der Waals surface area contributed by atoms with Crippen LogP contribution in [0.3, 0.4) is 0 Å². The summed E-state index contributed by atoms with van der Waals surface area (Å²) in [5, 5.41) is 3.26. The maximum Gasteiger partial charge on any atom is 0.127 e. The zero-order chi connectivity index (χ0) is 16.1. The van der Waals surface area contributed by atoms with Gasteiger partial charge >= 0.3 is 0 Å². The monoisotopic (exact) mass is 334 g/mol. The summed E-state index contributed by atoms with van der Waals surface area (Å²) in [6.45, 7) is 6.51. The van der Waals surface area contributed by atoms with Crippen LogP contribution >= 0.6 is 12.2 Å². The second-order valence-corrected chi connectivity index (χ2v) is 6.65. The molecule has 6 heteroatoms. The number of thiocarbonyl (C=S) groups is 1. The summed E-state index contributed by atoms with van der Waals surface area (Å²) >= 11 is 5.83. The van der Waals surface area contributed by atoms with Crippen molar-refractivity contribution in [2.75, 3.05) is 53.0 Å². The van der Waals surface area contributed by atoms with Gasteiger partial charge in [-0.3, -0.25) is 14.8 Å². The summed E-state index contributed by atoms with van der Waals surface area (Å²) in [6.07, 6.45) is 4.33. The number of rotatable bonds is 5. The molecule has 126 valence electrons. The number of likely N-dealkylation sites (N-methyl/N-ethyl adjacent to an activating group) is 1. The number of ether oxygens (including phenoxy) is 1. The lowest BCUT2D eigenvalue weighted by molar-refractivity contribution is 0.0141. The number of nitrogens with zero attached hydrogens (tertiary/aromatic N) is 3. The van der Waals surface area contributed by atoms with Crippen LogP contribution in [0.1, 0.15) is 18.5 Å². The lowest BCUT2D eigenvalue weighted by Gasteiger charge is -2.45. The van der Waals surface area contributed by atoms with Gasteiger partial charge in [0.25, 0.3) is 0 Å². The van der Waals surface area contributed by atoms with Crippen LogP contribution in [-0.4, -0.2) is 72.8 Å². The van der Waals surface area contributed by atoms with E-state index in [9.17, 15) is 0 Å². The number of likely N-dealkylation sites (tertiary alicyclic amines) is 1. The van der Waals surface area contributed by atoms with Gasteiger partial charge < -0.3 is 10.1 Å². The molecule has 1 atom stereocenters. The first-order chi connectivity index (χ1) is 11.3. The quantitative estimate of drug-likeness (QED) is 0.818. The molecule has 0 amide bonds. The molecule has 2 fully saturated rings. The van der Waals surface area contributed by atoms with Crippen molar-refractivity contribution in [2.45, 2.75) is 18.4 Å².